The van der Waals surface area contributed by atoms with Crippen LogP contribution in [0.5, 0.6) is 0 Å². The van der Waals surface area contributed by atoms with E-state index in [4.69, 9.17) is 17.3 Å². The Kier molecular flexibility index (Phi) is 4.52. The Bertz CT molecular complexity index is 692. The average molecular weight is 336 g/mol. The molecule has 0 aliphatic carbocycles. The van der Waals surface area contributed by atoms with E-state index in [9.17, 15) is 4.39 Å². The fraction of sp³-hybridized carbons (Fsp3) is 0.375. The van der Waals surface area contributed by atoms with E-state index >= 15 is 0 Å². The molecule has 0 spiro atoms. The smallest absolute Gasteiger partial charge is 0.222 e. The Balaban J connectivity index is 1.77. The zero-order chi connectivity index (χ0) is 16.4. The Morgan fingerprint density at radius 1 is 1.04 bits per heavy atom. The molecule has 1 saturated heterocycles. The highest BCUT2D eigenvalue weighted by atomic mass is 35.5. The molecule has 0 unspecified atom stereocenters. The summed E-state index contributed by atoms with van der Waals surface area (Å²) in [6, 6.07) is 6.60. The average Bonchev–Trinajstić information content (AvgIpc) is 2.77. The van der Waals surface area contributed by atoms with Gasteiger partial charge in [-0.3, -0.25) is 0 Å². The first-order chi connectivity index (χ1) is 11.0. The molecule has 0 amide bonds. The van der Waals surface area contributed by atoms with Crippen LogP contribution >= 0.6 is 11.6 Å². The van der Waals surface area contributed by atoms with Gasteiger partial charge in [0.2, 0.25) is 5.95 Å². The number of anilines is 3. The summed E-state index contributed by atoms with van der Waals surface area (Å²) in [6.07, 6.45) is 0.955. The molecule has 2 N–H and O–H groups in total. The summed E-state index contributed by atoms with van der Waals surface area (Å²) in [7, 11) is 0. The molecule has 0 atom stereocenters. The summed E-state index contributed by atoms with van der Waals surface area (Å²) in [4.78, 5) is 12.8. The zero-order valence-corrected chi connectivity index (χ0v) is 13.7. The van der Waals surface area contributed by atoms with Crippen molar-refractivity contribution >= 4 is 29.1 Å². The first-order valence-corrected chi connectivity index (χ1v) is 7.97. The van der Waals surface area contributed by atoms with E-state index < -0.39 is 0 Å². The molecule has 1 aromatic heterocycles. The summed E-state index contributed by atoms with van der Waals surface area (Å²) >= 11 is 6.35. The fourth-order valence-corrected chi connectivity index (χ4v) is 3.02. The van der Waals surface area contributed by atoms with Crippen LogP contribution in [0.15, 0.2) is 24.3 Å². The van der Waals surface area contributed by atoms with E-state index in [1.807, 2.05) is 19.1 Å². The van der Waals surface area contributed by atoms with Gasteiger partial charge in [-0.2, -0.15) is 4.98 Å². The van der Waals surface area contributed by atoms with Crippen molar-refractivity contribution in [3.8, 4) is 0 Å². The Labute approximate surface area is 139 Å². The predicted molar refractivity (Wildman–Crippen MR) is 91.6 cm³/mol. The minimum Gasteiger partial charge on any atom is -0.370 e. The maximum atomic E-state index is 13.1. The molecule has 1 aromatic carbocycles. The number of halogens is 2. The van der Waals surface area contributed by atoms with Crippen molar-refractivity contribution < 1.29 is 4.39 Å². The molecule has 23 heavy (non-hydrogen) atoms. The number of hydrogen-bond donors (Lipinski definition) is 1. The minimum absolute atomic E-state index is 0.219. The molecular weight excluding hydrogens is 317 g/mol. The van der Waals surface area contributed by atoms with E-state index in [2.05, 4.69) is 19.8 Å². The summed E-state index contributed by atoms with van der Waals surface area (Å²) < 4.78 is 13.1. The van der Waals surface area contributed by atoms with Gasteiger partial charge in [0, 0.05) is 31.9 Å². The summed E-state index contributed by atoms with van der Waals surface area (Å²) in [6.45, 7) is 5.15. The highest BCUT2D eigenvalue weighted by Gasteiger charge is 2.20. The number of nitrogens with two attached hydrogens (primary N) is 1. The molecule has 0 bridgehead atoms. The maximum Gasteiger partial charge on any atom is 0.222 e. The molecule has 5 nitrogen and oxygen atoms in total. The lowest BCUT2D eigenvalue weighted by Crippen LogP contribution is -2.31. The van der Waals surface area contributed by atoms with E-state index in [1.54, 1.807) is 0 Å². The van der Waals surface area contributed by atoms with Gasteiger partial charge in [-0.15, -0.1) is 0 Å². The monoisotopic (exact) mass is 335 g/mol. The van der Waals surface area contributed by atoms with Gasteiger partial charge in [0.1, 0.15) is 10.8 Å². The van der Waals surface area contributed by atoms with E-state index in [0.717, 1.165) is 38.3 Å². The van der Waals surface area contributed by atoms with Crippen molar-refractivity contribution in [2.24, 2.45) is 0 Å². The molecule has 2 heterocycles. The van der Waals surface area contributed by atoms with Gasteiger partial charge in [0.15, 0.2) is 5.82 Å². The third kappa shape index (κ3) is 3.47. The minimum atomic E-state index is -0.219. The highest BCUT2D eigenvalue weighted by Crippen LogP contribution is 2.28. The second-order valence-electron chi connectivity index (χ2n) is 5.61. The number of hydrogen-bond acceptors (Lipinski definition) is 5. The van der Waals surface area contributed by atoms with Crippen molar-refractivity contribution in [1.82, 2.24) is 9.97 Å². The summed E-state index contributed by atoms with van der Waals surface area (Å²) in [5, 5.41) is 0.550. The van der Waals surface area contributed by atoms with Crippen LogP contribution in [-0.2, 0) is 0 Å². The van der Waals surface area contributed by atoms with Crippen LogP contribution in [-0.4, -0.2) is 36.1 Å². The molecule has 3 rings (SSSR count). The number of aryl methyl sites for hydroxylation is 1. The Morgan fingerprint density at radius 3 is 2.43 bits per heavy atom. The molecule has 1 aliphatic heterocycles. The summed E-state index contributed by atoms with van der Waals surface area (Å²) in [5.74, 6) is 0.711. The van der Waals surface area contributed by atoms with Crippen LogP contribution < -0.4 is 15.5 Å². The van der Waals surface area contributed by atoms with Gasteiger partial charge >= 0.3 is 0 Å². The van der Waals surface area contributed by atoms with Crippen molar-refractivity contribution in [1.29, 1.82) is 0 Å². The van der Waals surface area contributed by atoms with Crippen LogP contribution in [0.3, 0.4) is 0 Å². The maximum absolute atomic E-state index is 13.1. The Morgan fingerprint density at radius 2 is 1.70 bits per heavy atom. The van der Waals surface area contributed by atoms with E-state index in [1.165, 1.54) is 12.1 Å². The predicted octanol–water partition coefficient (Wildman–Crippen LogP) is 2.88. The van der Waals surface area contributed by atoms with Crippen molar-refractivity contribution in [2.75, 3.05) is 41.7 Å². The van der Waals surface area contributed by atoms with Gasteiger partial charge in [0.05, 0.1) is 5.69 Å². The van der Waals surface area contributed by atoms with Gasteiger partial charge in [-0.25, -0.2) is 9.37 Å². The van der Waals surface area contributed by atoms with E-state index in [-0.39, 0.29) is 11.8 Å². The van der Waals surface area contributed by atoms with Crippen molar-refractivity contribution in [3.05, 3.63) is 40.8 Å². The molecule has 2 aromatic rings. The number of benzene rings is 1. The molecule has 1 fully saturated rings. The standard InChI is InChI=1S/C16H19ClFN5/c1-11-14(17)15(21-16(19)20-11)23-8-2-7-22(9-10-23)13-5-3-12(18)4-6-13/h3-6H,2,7-10H2,1H3,(H2,19,20,21). The molecule has 7 heteroatoms. The number of nitrogens with zero attached hydrogens (tertiary/aromatic N) is 4. The number of rotatable bonds is 2. The van der Waals surface area contributed by atoms with Crippen LogP contribution in [0.2, 0.25) is 5.02 Å². The van der Waals surface area contributed by atoms with Crippen molar-refractivity contribution in [2.45, 2.75) is 13.3 Å². The summed E-state index contributed by atoms with van der Waals surface area (Å²) in [5.41, 5.74) is 7.47. The third-order valence-electron chi connectivity index (χ3n) is 4.00. The number of nitrogen functional groups attached to an aromatic ring is 1. The first-order valence-electron chi connectivity index (χ1n) is 7.59. The van der Waals surface area contributed by atoms with Crippen molar-refractivity contribution in [3.63, 3.8) is 0 Å². The second kappa shape index (κ2) is 6.58. The highest BCUT2D eigenvalue weighted by molar-refractivity contribution is 6.33. The molecule has 0 saturated carbocycles. The normalized spacial score (nSPS) is 15.6. The molecule has 1 aliphatic rings. The first kappa shape index (κ1) is 15.8. The SMILES string of the molecule is Cc1nc(N)nc(N2CCCN(c3ccc(F)cc3)CC2)c1Cl. The molecule has 0 radical (unpaired) electrons. The van der Waals surface area contributed by atoms with E-state index in [0.29, 0.717) is 16.5 Å². The lowest BCUT2D eigenvalue weighted by atomic mass is 10.2. The molecule has 122 valence electrons. The van der Waals surface area contributed by atoms with Gasteiger partial charge < -0.3 is 15.5 Å². The quantitative estimate of drug-likeness (QED) is 0.914. The van der Waals surface area contributed by atoms with Crippen LogP contribution in [0.1, 0.15) is 12.1 Å². The molecular formula is C16H19ClFN5. The van der Waals surface area contributed by atoms with Crippen LogP contribution in [0, 0.1) is 12.7 Å². The lowest BCUT2D eigenvalue weighted by Gasteiger charge is -2.25. The lowest BCUT2D eigenvalue weighted by molar-refractivity contribution is 0.627. The van der Waals surface area contributed by atoms with Gasteiger partial charge in [-0.1, -0.05) is 11.6 Å². The largest absolute Gasteiger partial charge is 0.370 e. The Hall–Kier alpha value is -2.08. The topological polar surface area (TPSA) is 58.3 Å². The fourth-order valence-electron chi connectivity index (χ4n) is 2.81. The zero-order valence-electron chi connectivity index (χ0n) is 13.0. The third-order valence-corrected chi connectivity index (χ3v) is 4.45. The van der Waals surface area contributed by atoms with Crippen LogP contribution in [0.25, 0.3) is 0 Å². The van der Waals surface area contributed by atoms with Crippen LogP contribution in [0.4, 0.5) is 21.8 Å². The van der Waals surface area contributed by atoms with Gasteiger partial charge in [0.25, 0.3) is 0 Å². The number of aromatic nitrogens is 2. The van der Waals surface area contributed by atoms with Gasteiger partial charge in [-0.05, 0) is 37.6 Å². The second-order valence-corrected chi connectivity index (χ2v) is 5.99.